The average molecular weight is 240 g/mol. The number of rotatable bonds is 4. The van der Waals surface area contributed by atoms with Crippen LogP contribution in [0.2, 0.25) is 0 Å². The van der Waals surface area contributed by atoms with Crippen LogP contribution in [0.15, 0.2) is 0 Å². The van der Waals surface area contributed by atoms with E-state index in [1.807, 2.05) is 13.8 Å². The molecule has 5 atom stereocenters. The first-order chi connectivity index (χ1) is 8.02. The van der Waals surface area contributed by atoms with Crippen LogP contribution in [0.25, 0.3) is 0 Å². The number of carbonyl (C=O) groups is 2. The van der Waals surface area contributed by atoms with Gasteiger partial charge >= 0.3 is 11.9 Å². The minimum absolute atomic E-state index is 0.0468. The lowest BCUT2D eigenvalue weighted by Crippen LogP contribution is -2.34. The first-order valence-electron chi connectivity index (χ1n) is 6.46. The van der Waals surface area contributed by atoms with E-state index in [9.17, 15) is 9.59 Å². The maximum atomic E-state index is 11.7. The molecule has 2 aliphatic rings. The normalized spacial score (nSPS) is 36.8. The summed E-state index contributed by atoms with van der Waals surface area (Å²) in [6.45, 7) is 3.80. The van der Waals surface area contributed by atoms with Crippen LogP contribution in [0.3, 0.4) is 0 Å². The van der Waals surface area contributed by atoms with Crippen LogP contribution in [-0.4, -0.2) is 23.1 Å². The molecule has 0 heterocycles. The number of carboxylic acid groups (broad SMARTS) is 1. The van der Waals surface area contributed by atoms with E-state index in [1.165, 1.54) is 0 Å². The molecule has 4 nitrogen and oxygen atoms in total. The molecular formula is C13H20O4. The average Bonchev–Trinajstić information content (AvgIpc) is 2.86. The van der Waals surface area contributed by atoms with Crippen LogP contribution >= 0.6 is 0 Å². The number of aliphatic carboxylic acids is 1. The van der Waals surface area contributed by atoms with Gasteiger partial charge in [0.15, 0.2) is 0 Å². The zero-order valence-corrected chi connectivity index (χ0v) is 10.4. The minimum atomic E-state index is -0.734. The lowest BCUT2D eigenvalue weighted by atomic mass is 9.86. The Morgan fingerprint density at radius 3 is 2.59 bits per heavy atom. The van der Waals surface area contributed by atoms with Gasteiger partial charge < -0.3 is 9.84 Å². The molecule has 0 aromatic carbocycles. The SMILES string of the molecule is CCC(C)C(=O)OC1CC2CC(C(=O)O)C1C2. The highest BCUT2D eigenvalue weighted by atomic mass is 16.5. The van der Waals surface area contributed by atoms with Gasteiger partial charge in [-0.2, -0.15) is 0 Å². The molecule has 0 radical (unpaired) electrons. The van der Waals surface area contributed by atoms with Crippen molar-refractivity contribution in [3.8, 4) is 0 Å². The summed E-state index contributed by atoms with van der Waals surface area (Å²) in [5, 5.41) is 9.10. The molecular weight excluding hydrogens is 220 g/mol. The second-order valence-corrected chi connectivity index (χ2v) is 5.47. The van der Waals surface area contributed by atoms with Crippen molar-refractivity contribution < 1.29 is 19.4 Å². The molecule has 2 fully saturated rings. The van der Waals surface area contributed by atoms with Crippen molar-refractivity contribution in [1.29, 1.82) is 0 Å². The van der Waals surface area contributed by atoms with Gasteiger partial charge in [-0.25, -0.2) is 0 Å². The Kier molecular flexibility index (Phi) is 3.40. The van der Waals surface area contributed by atoms with Crippen molar-refractivity contribution in [2.75, 3.05) is 0 Å². The topological polar surface area (TPSA) is 63.6 Å². The number of carbonyl (C=O) groups excluding carboxylic acids is 1. The summed E-state index contributed by atoms with van der Waals surface area (Å²) in [5.74, 6) is -0.807. The molecule has 0 aromatic heterocycles. The Bertz CT molecular complexity index is 325. The van der Waals surface area contributed by atoms with E-state index in [0.717, 1.165) is 25.7 Å². The Morgan fingerprint density at radius 1 is 1.35 bits per heavy atom. The maximum absolute atomic E-state index is 11.7. The summed E-state index contributed by atoms with van der Waals surface area (Å²) >= 11 is 0. The first-order valence-corrected chi connectivity index (χ1v) is 6.46. The number of carboxylic acids is 1. The zero-order chi connectivity index (χ0) is 12.6. The number of fused-ring (bicyclic) bond motifs is 2. The predicted molar refractivity (Wildman–Crippen MR) is 61.3 cm³/mol. The molecule has 0 saturated heterocycles. The second kappa shape index (κ2) is 4.67. The molecule has 4 heteroatoms. The van der Waals surface area contributed by atoms with Crippen LogP contribution in [0.4, 0.5) is 0 Å². The standard InChI is InChI=1S/C13H20O4/c1-3-7(2)13(16)17-11-6-8-4-9(11)10(5-8)12(14)15/h7-11H,3-6H2,1-2H3,(H,14,15). The van der Waals surface area contributed by atoms with E-state index in [-0.39, 0.29) is 29.8 Å². The minimum Gasteiger partial charge on any atom is -0.481 e. The van der Waals surface area contributed by atoms with Gasteiger partial charge in [0.1, 0.15) is 6.10 Å². The molecule has 5 unspecified atom stereocenters. The molecule has 1 N–H and O–H groups in total. The number of ether oxygens (including phenoxy) is 1. The third-order valence-corrected chi connectivity index (χ3v) is 4.35. The first kappa shape index (κ1) is 12.4. The van der Waals surface area contributed by atoms with Gasteiger partial charge in [0.2, 0.25) is 0 Å². The largest absolute Gasteiger partial charge is 0.481 e. The summed E-state index contributed by atoms with van der Waals surface area (Å²) in [5.41, 5.74) is 0. The molecule has 0 aromatic rings. The quantitative estimate of drug-likeness (QED) is 0.764. The van der Waals surface area contributed by atoms with Gasteiger partial charge in [-0.15, -0.1) is 0 Å². The summed E-state index contributed by atoms with van der Waals surface area (Å²) in [6, 6.07) is 0. The number of hydrogen-bond donors (Lipinski definition) is 1. The van der Waals surface area contributed by atoms with Crippen LogP contribution in [-0.2, 0) is 14.3 Å². The summed E-state index contributed by atoms with van der Waals surface area (Å²) in [7, 11) is 0. The lowest BCUT2D eigenvalue weighted by Gasteiger charge is -2.27. The van der Waals surface area contributed by atoms with Gasteiger partial charge in [0.05, 0.1) is 11.8 Å². The predicted octanol–water partition coefficient (Wildman–Crippen LogP) is 2.08. The van der Waals surface area contributed by atoms with Crippen molar-refractivity contribution in [3.05, 3.63) is 0 Å². The molecule has 0 spiro atoms. The van der Waals surface area contributed by atoms with Crippen LogP contribution in [0.5, 0.6) is 0 Å². The van der Waals surface area contributed by atoms with E-state index in [0.29, 0.717) is 5.92 Å². The van der Waals surface area contributed by atoms with Crippen LogP contribution in [0.1, 0.15) is 39.5 Å². The molecule has 2 rings (SSSR count). The lowest BCUT2D eigenvalue weighted by molar-refractivity contribution is -0.161. The number of hydrogen-bond acceptors (Lipinski definition) is 3. The van der Waals surface area contributed by atoms with Gasteiger partial charge in [0.25, 0.3) is 0 Å². The van der Waals surface area contributed by atoms with Crippen molar-refractivity contribution in [2.24, 2.45) is 23.7 Å². The van der Waals surface area contributed by atoms with E-state index in [4.69, 9.17) is 9.84 Å². The Balaban J connectivity index is 1.95. The molecule has 2 aliphatic carbocycles. The fraction of sp³-hybridized carbons (Fsp3) is 0.846. The Labute approximate surface area is 101 Å². The van der Waals surface area contributed by atoms with Gasteiger partial charge in [-0.05, 0) is 31.6 Å². The maximum Gasteiger partial charge on any atom is 0.308 e. The second-order valence-electron chi connectivity index (χ2n) is 5.47. The monoisotopic (exact) mass is 240 g/mol. The zero-order valence-electron chi connectivity index (χ0n) is 10.4. The van der Waals surface area contributed by atoms with Gasteiger partial charge in [-0.1, -0.05) is 13.8 Å². The highest BCUT2D eigenvalue weighted by molar-refractivity contribution is 5.73. The number of esters is 1. The summed E-state index contributed by atoms with van der Waals surface area (Å²) in [6.07, 6.45) is 3.14. The van der Waals surface area contributed by atoms with E-state index < -0.39 is 5.97 Å². The highest BCUT2D eigenvalue weighted by Gasteiger charge is 2.50. The van der Waals surface area contributed by atoms with E-state index in [2.05, 4.69) is 0 Å². The van der Waals surface area contributed by atoms with Gasteiger partial charge in [-0.3, -0.25) is 9.59 Å². The van der Waals surface area contributed by atoms with Crippen molar-refractivity contribution in [1.82, 2.24) is 0 Å². The highest BCUT2D eigenvalue weighted by Crippen LogP contribution is 2.49. The summed E-state index contributed by atoms with van der Waals surface area (Å²) < 4.78 is 5.48. The van der Waals surface area contributed by atoms with Crippen LogP contribution in [0, 0.1) is 23.7 Å². The van der Waals surface area contributed by atoms with E-state index >= 15 is 0 Å². The third-order valence-electron chi connectivity index (χ3n) is 4.35. The Morgan fingerprint density at radius 2 is 2.06 bits per heavy atom. The summed E-state index contributed by atoms with van der Waals surface area (Å²) in [4.78, 5) is 22.8. The molecule has 17 heavy (non-hydrogen) atoms. The Hall–Kier alpha value is -1.06. The van der Waals surface area contributed by atoms with Crippen molar-refractivity contribution in [2.45, 2.75) is 45.6 Å². The van der Waals surface area contributed by atoms with Gasteiger partial charge in [0, 0.05) is 5.92 Å². The molecule has 0 aliphatic heterocycles. The smallest absolute Gasteiger partial charge is 0.308 e. The fourth-order valence-electron chi connectivity index (χ4n) is 3.14. The van der Waals surface area contributed by atoms with E-state index in [1.54, 1.807) is 0 Å². The molecule has 96 valence electrons. The molecule has 2 saturated carbocycles. The van der Waals surface area contributed by atoms with Crippen LogP contribution < -0.4 is 0 Å². The van der Waals surface area contributed by atoms with Crippen molar-refractivity contribution >= 4 is 11.9 Å². The van der Waals surface area contributed by atoms with Crippen molar-refractivity contribution in [3.63, 3.8) is 0 Å². The molecule has 2 bridgehead atoms. The third kappa shape index (κ3) is 2.31. The molecule has 0 amide bonds. The fourth-order valence-corrected chi connectivity index (χ4v) is 3.14.